The zero-order valence-corrected chi connectivity index (χ0v) is 10.5. The average molecular weight is 229 g/mol. The molecule has 0 amide bonds. The lowest BCUT2D eigenvalue weighted by Crippen LogP contribution is -2.40. The number of rotatable bonds is 5. The molecule has 0 radical (unpaired) electrons. The molecule has 1 rings (SSSR count). The smallest absolute Gasteiger partial charge is 0.323 e. The Kier molecular flexibility index (Phi) is 4.74. The van der Waals surface area contributed by atoms with Crippen molar-refractivity contribution >= 4 is 5.97 Å². The number of likely N-dealkylation sites (N-methyl/N-ethyl adjacent to an activating group) is 1. The molecule has 0 bridgehead atoms. The van der Waals surface area contributed by atoms with E-state index in [-0.39, 0.29) is 12.7 Å². The van der Waals surface area contributed by atoms with Gasteiger partial charge in [0.05, 0.1) is 12.7 Å². The minimum atomic E-state index is -0.848. The normalized spacial score (nSPS) is 22.9. The second-order valence-corrected chi connectivity index (χ2v) is 5.38. The van der Waals surface area contributed by atoms with Crippen molar-refractivity contribution < 1.29 is 14.6 Å². The molecular weight excluding hydrogens is 206 g/mol. The summed E-state index contributed by atoms with van der Waals surface area (Å²) in [4.78, 5) is 10.8. The van der Waals surface area contributed by atoms with Crippen molar-refractivity contribution in [1.29, 1.82) is 0 Å². The molecule has 0 saturated heterocycles. The van der Waals surface area contributed by atoms with E-state index in [9.17, 15) is 4.79 Å². The number of nitrogens with one attached hydrogen (secondary N) is 1. The van der Waals surface area contributed by atoms with E-state index in [0.717, 1.165) is 25.7 Å². The standard InChI is InChI=1S/C12H23NO3/c1-12(2)6-4-9(5-7-12)16-8-10(13-3)11(14)15/h9-10,13H,4-8H2,1-3H3,(H,14,15). The van der Waals surface area contributed by atoms with Gasteiger partial charge in [0.15, 0.2) is 0 Å². The lowest BCUT2D eigenvalue weighted by atomic mass is 9.76. The number of aliphatic carboxylic acids is 1. The molecule has 1 atom stereocenters. The van der Waals surface area contributed by atoms with Crippen LogP contribution in [0.25, 0.3) is 0 Å². The number of hydrogen-bond donors (Lipinski definition) is 2. The van der Waals surface area contributed by atoms with Crippen molar-refractivity contribution in [2.24, 2.45) is 5.41 Å². The Balaban J connectivity index is 2.26. The van der Waals surface area contributed by atoms with E-state index in [1.807, 2.05) is 0 Å². The first-order valence-electron chi connectivity index (χ1n) is 5.96. The number of ether oxygens (including phenoxy) is 1. The van der Waals surface area contributed by atoms with Crippen LogP contribution in [0.1, 0.15) is 39.5 Å². The van der Waals surface area contributed by atoms with Crippen LogP contribution in [0, 0.1) is 5.41 Å². The van der Waals surface area contributed by atoms with Gasteiger partial charge in [0.2, 0.25) is 0 Å². The van der Waals surface area contributed by atoms with Crippen LogP contribution in [0.15, 0.2) is 0 Å². The molecule has 4 nitrogen and oxygen atoms in total. The van der Waals surface area contributed by atoms with E-state index >= 15 is 0 Å². The summed E-state index contributed by atoms with van der Waals surface area (Å²) in [6, 6.07) is -0.588. The highest BCUT2D eigenvalue weighted by atomic mass is 16.5. The molecule has 94 valence electrons. The number of carboxylic acid groups (broad SMARTS) is 1. The van der Waals surface area contributed by atoms with Gasteiger partial charge in [0, 0.05) is 0 Å². The Morgan fingerprint density at radius 3 is 2.50 bits per heavy atom. The van der Waals surface area contributed by atoms with Gasteiger partial charge in [-0.15, -0.1) is 0 Å². The lowest BCUT2D eigenvalue weighted by Gasteiger charge is -2.34. The maximum Gasteiger partial charge on any atom is 0.323 e. The maximum absolute atomic E-state index is 10.8. The molecule has 0 aliphatic heterocycles. The van der Waals surface area contributed by atoms with Crippen LogP contribution in [-0.4, -0.2) is 36.9 Å². The van der Waals surface area contributed by atoms with Gasteiger partial charge >= 0.3 is 5.97 Å². The molecule has 0 aromatic heterocycles. The predicted molar refractivity (Wildman–Crippen MR) is 62.5 cm³/mol. The molecule has 4 heteroatoms. The van der Waals surface area contributed by atoms with Crippen molar-refractivity contribution in [3.8, 4) is 0 Å². The van der Waals surface area contributed by atoms with Crippen LogP contribution in [0.4, 0.5) is 0 Å². The predicted octanol–water partition coefficient (Wildman–Crippen LogP) is 1.64. The molecule has 0 spiro atoms. The van der Waals surface area contributed by atoms with Gasteiger partial charge in [-0.3, -0.25) is 4.79 Å². The largest absolute Gasteiger partial charge is 0.480 e. The summed E-state index contributed by atoms with van der Waals surface area (Å²) in [5, 5.41) is 11.6. The summed E-state index contributed by atoms with van der Waals surface area (Å²) in [7, 11) is 1.64. The summed E-state index contributed by atoms with van der Waals surface area (Å²) in [6.45, 7) is 4.81. The van der Waals surface area contributed by atoms with Crippen LogP contribution in [0.2, 0.25) is 0 Å². The highest BCUT2D eigenvalue weighted by Gasteiger charge is 2.28. The Hall–Kier alpha value is -0.610. The first kappa shape index (κ1) is 13.5. The summed E-state index contributed by atoms with van der Waals surface area (Å²) < 4.78 is 5.65. The third kappa shape index (κ3) is 4.10. The summed E-state index contributed by atoms with van der Waals surface area (Å²) in [5.41, 5.74) is 0.426. The molecule has 2 N–H and O–H groups in total. The highest BCUT2D eigenvalue weighted by Crippen LogP contribution is 2.36. The van der Waals surface area contributed by atoms with Crippen molar-refractivity contribution in [3.05, 3.63) is 0 Å². The zero-order valence-electron chi connectivity index (χ0n) is 10.5. The van der Waals surface area contributed by atoms with Gasteiger partial charge in [0.1, 0.15) is 6.04 Å². The Morgan fingerprint density at radius 1 is 1.50 bits per heavy atom. The van der Waals surface area contributed by atoms with E-state index in [1.165, 1.54) is 0 Å². The Labute approximate surface area is 97.4 Å². The quantitative estimate of drug-likeness (QED) is 0.752. The van der Waals surface area contributed by atoms with E-state index < -0.39 is 12.0 Å². The second kappa shape index (κ2) is 5.64. The number of hydrogen-bond acceptors (Lipinski definition) is 3. The fraction of sp³-hybridized carbons (Fsp3) is 0.917. The summed E-state index contributed by atoms with van der Waals surface area (Å²) >= 11 is 0. The minimum Gasteiger partial charge on any atom is -0.480 e. The van der Waals surface area contributed by atoms with Crippen LogP contribution in [0.3, 0.4) is 0 Å². The fourth-order valence-electron chi connectivity index (χ4n) is 2.05. The molecular formula is C12H23NO3. The second-order valence-electron chi connectivity index (χ2n) is 5.38. The van der Waals surface area contributed by atoms with E-state index in [2.05, 4.69) is 19.2 Å². The Morgan fingerprint density at radius 2 is 2.06 bits per heavy atom. The Bertz CT molecular complexity index is 230. The fourth-order valence-corrected chi connectivity index (χ4v) is 2.05. The van der Waals surface area contributed by atoms with Gasteiger partial charge < -0.3 is 15.2 Å². The SMILES string of the molecule is CNC(COC1CCC(C)(C)CC1)C(=O)O. The highest BCUT2D eigenvalue weighted by molar-refractivity contribution is 5.73. The van der Waals surface area contributed by atoms with Crippen molar-refractivity contribution in [1.82, 2.24) is 5.32 Å². The molecule has 1 aliphatic rings. The van der Waals surface area contributed by atoms with Gasteiger partial charge in [-0.2, -0.15) is 0 Å². The molecule has 0 heterocycles. The molecule has 1 unspecified atom stereocenters. The summed E-state index contributed by atoms with van der Waals surface area (Å²) in [6.07, 6.45) is 4.65. The van der Waals surface area contributed by atoms with Crippen molar-refractivity contribution in [2.75, 3.05) is 13.7 Å². The van der Waals surface area contributed by atoms with Gasteiger partial charge in [0.25, 0.3) is 0 Å². The zero-order chi connectivity index (χ0) is 12.2. The first-order chi connectivity index (χ1) is 7.44. The monoisotopic (exact) mass is 229 g/mol. The van der Waals surface area contributed by atoms with Crippen molar-refractivity contribution in [3.63, 3.8) is 0 Å². The number of carbonyl (C=O) groups is 1. The van der Waals surface area contributed by atoms with Gasteiger partial charge in [-0.1, -0.05) is 13.8 Å². The third-order valence-electron chi connectivity index (χ3n) is 3.43. The van der Waals surface area contributed by atoms with Crippen LogP contribution >= 0.6 is 0 Å². The molecule has 1 fully saturated rings. The van der Waals surface area contributed by atoms with E-state index in [4.69, 9.17) is 9.84 Å². The number of carboxylic acids is 1. The average Bonchev–Trinajstić information content (AvgIpc) is 2.20. The third-order valence-corrected chi connectivity index (χ3v) is 3.43. The molecule has 16 heavy (non-hydrogen) atoms. The van der Waals surface area contributed by atoms with Crippen LogP contribution in [-0.2, 0) is 9.53 Å². The topological polar surface area (TPSA) is 58.6 Å². The molecule has 1 aliphatic carbocycles. The summed E-state index contributed by atoms with van der Waals surface area (Å²) in [5.74, 6) is -0.848. The maximum atomic E-state index is 10.8. The van der Waals surface area contributed by atoms with Crippen molar-refractivity contribution in [2.45, 2.75) is 51.7 Å². The van der Waals surface area contributed by atoms with Crippen LogP contribution in [0.5, 0.6) is 0 Å². The molecule has 0 aromatic carbocycles. The molecule has 0 aromatic rings. The van der Waals surface area contributed by atoms with Gasteiger partial charge in [-0.25, -0.2) is 0 Å². The minimum absolute atomic E-state index is 0.239. The first-order valence-corrected chi connectivity index (χ1v) is 5.96. The lowest BCUT2D eigenvalue weighted by molar-refractivity contribution is -0.142. The van der Waals surface area contributed by atoms with E-state index in [1.54, 1.807) is 7.05 Å². The van der Waals surface area contributed by atoms with Crippen LogP contribution < -0.4 is 5.32 Å². The molecule has 1 saturated carbocycles. The van der Waals surface area contributed by atoms with Gasteiger partial charge in [-0.05, 0) is 38.1 Å². The van der Waals surface area contributed by atoms with E-state index in [0.29, 0.717) is 5.41 Å².